The third-order valence-electron chi connectivity index (χ3n) is 4.64. The van der Waals surface area contributed by atoms with Crippen LogP contribution < -0.4 is 14.8 Å². The van der Waals surface area contributed by atoms with Gasteiger partial charge in [-0.3, -0.25) is 9.59 Å². The molecule has 2 aliphatic heterocycles. The van der Waals surface area contributed by atoms with Crippen LogP contribution in [-0.2, 0) is 11.2 Å². The van der Waals surface area contributed by atoms with E-state index in [0.717, 1.165) is 17.0 Å². The van der Waals surface area contributed by atoms with Gasteiger partial charge in [-0.05, 0) is 42.3 Å². The Balaban J connectivity index is 1.43. The number of likely N-dealkylation sites (N-methyl/N-ethyl adjacent to an activating group) is 1. The fourth-order valence-electron chi connectivity index (χ4n) is 3.28. The van der Waals surface area contributed by atoms with E-state index in [9.17, 15) is 9.59 Å². The standard InChI is InChI=1S/C20H20N2O4/c1-22(11-15-12-25-17-4-2-3-5-18(17)26-15)20(24)14-6-8-16-13(10-14)7-9-19(23)21-16/h2-6,8,10,15H,7,9,11-12H2,1H3,(H,21,23). The second kappa shape index (κ2) is 6.71. The number of hydrogen-bond acceptors (Lipinski definition) is 4. The lowest BCUT2D eigenvalue weighted by molar-refractivity contribution is -0.116. The molecule has 4 rings (SSSR count). The minimum atomic E-state index is -0.212. The minimum absolute atomic E-state index is 0.0171. The van der Waals surface area contributed by atoms with Crippen molar-refractivity contribution in [3.05, 3.63) is 53.6 Å². The van der Waals surface area contributed by atoms with Gasteiger partial charge in [0, 0.05) is 24.7 Å². The highest BCUT2D eigenvalue weighted by Gasteiger charge is 2.25. The van der Waals surface area contributed by atoms with E-state index in [-0.39, 0.29) is 17.9 Å². The first-order chi connectivity index (χ1) is 12.6. The van der Waals surface area contributed by atoms with Gasteiger partial charge in [-0.15, -0.1) is 0 Å². The number of nitrogens with one attached hydrogen (secondary N) is 1. The Hall–Kier alpha value is -3.02. The van der Waals surface area contributed by atoms with Crippen LogP contribution in [0.25, 0.3) is 0 Å². The number of fused-ring (bicyclic) bond motifs is 2. The molecule has 6 heteroatoms. The van der Waals surface area contributed by atoms with Crippen molar-refractivity contribution in [3.63, 3.8) is 0 Å². The molecule has 0 aromatic heterocycles. The summed E-state index contributed by atoms with van der Waals surface area (Å²) < 4.78 is 11.6. The smallest absolute Gasteiger partial charge is 0.253 e. The van der Waals surface area contributed by atoms with Crippen molar-refractivity contribution in [2.24, 2.45) is 0 Å². The second-order valence-electron chi connectivity index (χ2n) is 6.60. The van der Waals surface area contributed by atoms with Gasteiger partial charge in [-0.2, -0.15) is 0 Å². The lowest BCUT2D eigenvalue weighted by Gasteiger charge is -2.29. The fraction of sp³-hybridized carbons (Fsp3) is 0.300. The first-order valence-corrected chi connectivity index (χ1v) is 8.67. The molecule has 0 aliphatic carbocycles. The second-order valence-corrected chi connectivity index (χ2v) is 6.60. The van der Waals surface area contributed by atoms with Crippen LogP contribution in [0.15, 0.2) is 42.5 Å². The molecule has 2 amide bonds. The largest absolute Gasteiger partial charge is 0.486 e. The zero-order valence-electron chi connectivity index (χ0n) is 14.5. The van der Waals surface area contributed by atoms with Crippen molar-refractivity contribution >= 4 is 17.5 Å². The van der Waals surface area contributed by atoms with Gasteiger partial charge in [0.25, 0.3) is 5.91 Å². The van der Waals surface area contributed by atoms with Crippen molar-refractivity contribution in [2.75, 3.05) is 25.5 Å². The van der Waals surface area contributed by atoms with Crippen molar-refractivity contribution in [1.82, 2.24) is 4.90 Å². The number of hydrogen-bond donors (Lipinski definition) is 1. The summed E-state index contributed by atoms with van der Waals surface area (Å²) in [7, 11) is 1.76. The van der Waals surface area contributed by atoms with Crippen LogP contribution in [0.5, 0.6) is 11.5 Å². The molecule has 0 radical (unpaired) electrons. The summed E-state index contributed by atoms with van der Waals surface area (Å²) >= 11 is 0. The summed E-state index contributed by atoms with van der Waals surface area (Å²) in [4.78, 5) is 25.9. The fourth-order valence-corrected chi connectivity index (χ4v) is 3.28. The average molecular weight is 352 g/mol. The van der Waals surface area contributed by atoms with Crippen molar-refractivity contribution in [3.8, 4) is 11.5 Å². The van der Waals surface area contributed by atoms with E-state index < -0.39 is 0 Å². The predicted molar refractivity (Wildman–Crippen MR) is 96.7 cm³/mol. The maximum absolute atomic E-state index is 12.8. The molecule has 1 N–H and O–H groups in total. The van der Waals surface area contributed by atoms with Crippen molar-refractivity contribution < 1.29 is 19.1 Å². The van der Waals surface area contributed by atoms with Gasteiger partial charge in [-0.1, -0.05) is 12.1 Å². The maximum Gasteiger partial charge on any atom is 0.253 e. The van der Waals surface area contributed by atoms with E-state index in [2.05, 4.69) is 5.32 Å². The van der Waals surface area contributed by atoms with Crippen LogP contribution in [0.1, 0.15) is 22.3 Å². The number of nitrogens with zero attached hydrogens (tertiary/aromatic N) is 1. The van der Waals surface area contributed by atoms with Gasteiger partial charge < -0.3 is 19.7 Å². The third kappa shape index (κ3) is 3.22. The van der Waals surface area contributed by atoms with E-state index in [0.29, 0.717) is 37.3 Å². The molecular weight excluding hydrogens is 332 g/mol. The van der Waals surface area contributed by atoms with E-state index in [1.165, 1.54) is 0 Å². The number of benzene rings is 2. The zero-order valence-corrected chi connectivity index (χ0v) is 14.5. The summed E-state index contributed by atoms with van der Waals surface area (Å²) in [6, 6.07) is 12.9. The van der Waals surface area contributed by atoms with Gasteiger partial charge in [0.1, 0.15) is 6.61 Å². The molecule has 2 aliphatic rings. The molecule has 0 fully saturated rings. The van der Waals surface area contributed by atoms with E-state index in [1.54, 1.807) is 24.1 Å². The van der Waals surface area contributed by atoms with Crippen LogP contribution in [0.2, 0.25) is 0 Å². The Morgan fingerprint density at radius 2 is 2.00 bits per heavy atom. The zero-order chi connectivity index (χ0) is 18.1. The van der Waals surface area contributed by atoms with Gasteiger partial charge in [-0.25, -0.2) is 0 Å². The van der Waals surface area contributed by atoms with Crippen molar-refractivity contribution in [1.29, 1.82) is 0 Å². The van der Waals surface area contributed by atoms with Gasteiger partial charge >= 0.3 is 0 Å². The molecule has 0 saturated carbocycles. The molecule has 0 spiro atoms. The molecule has 2 heterocycles. The average Bonchev–Trinajstić information content (AvgIpc) is 2.67. The third-order valence-corrected chi connectivity index (χ3v) is 4.64. The van der Waals surface area contributed by atoms with Crippen LogP contribution in [0.3, 0.4) is 0 Å². The summed E-state index contributed by atoms with van der Waals surface area (Å²) in [5.74, 6) is 1.37. The normalized spacial score (nSPS) is 17.9. The predicted octanol–water partition coefficient (Wildman–Crippen LogP) is 2.48. The molecule has 1 atom stereocenters. The summed E-state index contributed by atoms with van der Waals surface area (Å²) in [5.41, 5.74) is 2.40. The number of amides is 2. The van der Waals surface area contributed by atoms with Crippen molar-refractivity contribution in [2.45, 2.75) is 18.9 Å². The molecule has 2 aromatic carbocycles. The van der Waals surface area contributed by atoms with Crippen LogP contribution in [-0.4, -0.2) is 43.0 Å². The SMILES string of the molecule is CN(CC1COc2ccccc2O1)C(=O)c1ccc2c(c1)CCC(=O)N2. The van der Waals surface area contributed by atoms with Gasteiger partial charge in [0.05, 0.1) is 6.54 Å². The van der Waals surface area contributed by atoms with E-state index >= 15 is 0 Å². The molecule has 0 bridgehead atoms. The molecule has 134 valence electrons. The first kappa shape index (κ1) is 16.4. The quantitative estimate of drug-likeness (QED) is 0.922. The number of para-hydroxylation sites is 2. The molecule has 0 saturated heterocycles. The number of carbonyl (C=O) groups is 2. The molecule has 26 heavy (non-hydrogen) atoms. The number of aryl methyl sites for hydroxylation is 1. The van der Waals surface area contributed by atoms with Gasteiger partial charge in [0.2, 0.25) is 5.91 Å². The maximum atomic E-state index is 12.8. The van der Waals surface area contributed by atoms with E-state index in [4.69, 9.17) is 9.47 Å². The lowest BCUT2D eigenvalue weighted by Crippen LogP contribution is -2.41. The molecular formula is C20H20N2O4. The molecule has 6 nitrogen and oxygen atoms in total. The first-order valence-electron chi connectivity index (χ1n) is 8.67. The van der Waals surface area contributed by atoms with Gasteiger partial charge in [0.15, 0.2) is 17.6 Å². The Kier molecular flexibility index (Phi) is 4.24. The highest BCUT2D eigenvalue weighted by molar-refractivity contribution is 5.97. The van der Waals surface area contributed by atoms with Crippen LogP contribution >= 0.6 is 0 Å². The number of ether oxygens (including phenoxy) is 2. The molecule has 2 aromatic rings. The molecule has 1 unspecified atom stereocenters. The number of rotatable bonds is 3. The Labute approximate surface area is 151 Å². The number of carbonyl (C=O) groups excluding carboxylic acids is 2. The van der Waals surface area contributed by atoms with Crippen LogP contribution in [0.4, 0.5) is 5.69 Å². The Bertz CT molecular complexity index is 865. The highest BCUT2D eigenvalue weighted by atomic mass is 16.6. The number of anilines is 1. The summed E-state index contributed by atoms with van der Waals surface area (Å²) in [6.07, 6.45) is 0.894. The van der Waals surface area contributed by atoms with Crippen LogP contribution in [0, 0.1) is 0 Å². The summed E-state index contributed by atoms with van der Waals surface area (Å²) in [6.45, 7) is 0.839. The highest BCUT2D eigenvalue weighted by Crippen LogP contribution is 2.31. The lowest BCUT2D eigenvalue weighted by atomic mass is 10.00. The summed E-state index contributed by atoms with van der Waals surface area (Å²) in [5, 5.41) is 2.83. The minimum Gasteiger partial charge on any atom is -0.486 e. The van der Waals surface area contributed by atoms with E-state index in [1.807, 2.05) is 30.3 Å². The topological polar surface area (TPSA) is 67.9 Å². The Morgan fingerprint density at radius 1 is 1.19 bits per heavy atom. The monoisotopic (exact) mass is 352 g/mol. The Morgan fingerprint density at radius 3 is 2.85 bits per heavy atom.